The monoisotopic (exact) mass is 583 g/mol. The molecule has 11 nitrogen and oxygen atoms in total. The lowest BCUT2D eigenvalue weighted by Gasteiger charge is -2.10. The van der Waals surface area contributed by atoms with Gasteiger partial charge in [-0.2, -0.15) is 0 Å². The van der Waals surface area contributed by atoms with Gasteiger partial charge >= 0.3 is 5.97 Å². The number of carbonyl (C=O) groups is 2. The zero-order valence-corrected chi connectivity index (χ0v) is 23.4. The number of amides is 1. The molecule has 0 bridgehead atoms. The number of aromatic nitrogens is 5. The van der Waals surface area contributed by atoms with Crippen LogP contribution in [0.2, 0.25) is 0 Å². The molecule has 1 aliphatic rings. The van der Waals surface area contributed by atoms with Gasteiger partial charge in [0.2, 0.25) is 5.91 Å². The van der Waals surface area contributed by atoms with Crippen molar-refractivity contribution in [2.45, 2.75) is 42.3 Å². The van der Waals surface area contributed by atoms with E-state index in [1.54, 1.807) is 6.92 Å². The average Bonchev–Trinajstić information content (AvgIpc) is 3.61. The number of H-pyrrole nitrogens is 1. The van der Waals surface area contributed by atoms with Gasteiger partial charge in [0.25, 0.3) is 5.56 Å². The fraction of sp³-hybridized carbons (Fsp3) is 0.280. The number of ether oxygens (including phenoxy) is 1. The summed E-state index contributed by atoms with van der Waals surface area (Å²) in [5.74, 6) is 0.499. The Labute approximate surface area is 236 Å². The highest BCUT2D eigenvalue weighted by Crippen LogP contribution is 2.39. The van der Waals surface area contributed by atoms with E-state index in [2.05, 4.69) is 25.5 Å². The van der Waals surface area contributed by atoms with Crippen molar-refractivity contribution in [1.29, 1.82) is 0 Å². The summed E-state index contributed by atoms with van der Waals surface area (Å²) in [6.45, 7) is 2.03. The van der Waals surface area contributed by atoms with Gasteiger partial charge in [0.15, 0.2) is 10.3 Å². The SMILES string of the molecule is CCOC(=O)c1c(NC(=O)CSc2nnc(CSc3nc(N)cc(=O)[nH]3)n2-c2ccccc2)sc2c1CCC2. The van der Waals surface area contributed by atoms with E-state index in [0.29, 0.717) is 32.5 Å². The van der Waals surface area contributed by atoms with Gasteiger partial charge in [-0.1, -0.05) is 41.7 Å². The van der Waals surface area contributed by atoms with Crippen molar-refractivity contribution in [3.63, 3.8) is 0 Å². The van der Waals surface area contributed by atoms with E-state index in [-0.39, 0.29) is 29.6 Å². The summed E-state index contributed by atoms with van der Waals surface area (Å²) in [6, 6.07) is 10.8. The topological polar surface area (TPSA) is 158 Å². The Morgan fingerprint density at radius 1 is 1.21 bits per heavy atom. The summed E-state index contributed by atoms with van der Waals surface area (Å²) in [5.41, 5.74) is 7.66. The first-order chi connectivity index (χ1) is 18.9. The van der Waals surface area contributed by atoms with Crippen LogP contribution in [-0.2, 0) is 28.1 Å². The van der Waals surface area contributed by atoms with Crippen LogP contribution in [0.5, 0.6) is 0 Å². The molecule has 14 heteroatoms. The Morgan fingerprint density at radius 3 is 2.79 bits per heavy atom. The molecule has 0 unspecified atom stereocenters. The van der Waals surface area contributed by atoms with E-state index in [1.807, 2.05) is 34.9 Å². The van der Waals surface area contributed by atoms with Crippen molar-refractivity contribution in [3.05, 3.63) is 68.6 Å². The Morgan fingerprint density at radius 2 is 2.03 bits per heavy atom. The number of thioether (sulfide) groups is 2. The quantitative estimate of drug-likeness (QED) is 0.143. The van der Waals surface area contributed by atoms with Crippen LogP contribution in [0, 0.1) is 0 Å². The highest BCUT2D eigenvalue weighted by molar-refractivity contribution is 7.99. The molecule has 5 rings (SSSR count). The average molecular weight is 584 g/mol. The lowest BCUT2D eigenvalue weighted by Crippen LogP contribution is -2.17. The second-order valence-electron chi connectivity index (χ2n) is 8.45. The summed E-state index contributed by atoms with van der Waals surface area (Å²) in [5, 5.41) is 13.0. The molecule has 3 heterocycles. The number of fused-ring (bicyclic) bond motifs is 1. The number of benzene rings is 1. The minimum atomic E-state index is -0.401. The molecule has 1 amide bonds. The van der Waals surface area contributed by atoms with Crippen molar-refractivity contribution in [3.8, 4) is 5.69 Å². The van der Waals surface area contributed by atoms with Crippen LogP contribution < -0.4 is 16.6 Å². The molecule has 0 fully saturated rings. The van der Waals surface area contributed by atoms with Crippen LogP contribution >= 0.6 is 34.9 Å². The number of aromatic amines is 1. The third-order valence-electron chi connectivity index (χ3n) is 5.78. The van der Waals surface area contributed by atoms with E-state index in [9.17, 15) is 14.4 Å². The van der Waals surface area contributed by atoms with Crippen LogP contribution in [0.4, 0.5) is 10.8 Å². The first kappa shape index (κ1) is 27.0. The van der Waals surface area contributed by atoms with E-state index < -0.39 is 5.97 Å². The maximum atomic E-state index is 13.0. The standard InChI is InChI=1S/C25H25N7O4S3/c1-2-36-23(35)21-15-9-6-10-16(15)39-22(21)28-20(34)13-38-25-31-30-18(32(25)14-7-4-3-5-8-14)12-37-24-27-17(26)11-19(33)29-24/h3-5,7-8,11H,2,6,9-10,12-13H2,1H3,(H,28,34)(H3,26,27,29,33). The predicted octanol–water partition coefficient (Wildman–Crippen LogP) is 3.68. The molecule has 39 heavy (non-hydrogen) atoms. The molecule has 0 spiro atoms. The predicted molar refractivity (Wildman–Crippen MR) is 152 cm³/mol. The van der Waals surface area contributed by atoms with Crippen LogP contribution in [0.3, 0.4) is 0 Å². The van der Waals surface area contributed by atoms with Gasteiger partial charge in [0.1, 0.15) is 16.6 Å². The van der Waals surface area contributed by atoms with Crippen molar-refractivity contribution in [1.82, 2.24) is 24.7 Å². The molecule has 1 aromatic carbocycles. The number of rotatable bonds is 10. The smallest absolute Gasteiger partial charge is 0.341 e. The second kappa shape index (κ2) is 12.1. The Kier molecular flexibility index (Phi) is 8.33. The first-order valence-electron chi connectivity index (χ1n) is 12.2. The molecule has 4 aromatic rings. The number of aryl methyl sites for hydroxylation is 1. The number of thiophene rings is 1. The molecule has 0 atom stereocenters. The molecular formula is C25H25N7O4S3. The summed E-state index contributed by atoms with van der Waals surface area (Å²) in [4.78, 5) is 45.3. The van der Waals surface area contributed by atoms with E-state index in [1.165, 1.54) is 40.9 Å². The zero-order chi connectivity index (χ0) is 27.4. The summed E-state index contributed by atoms with van der Waals surface area (Å²) >= 11 is 3.95. The minimum absolute atomic E-state index is 0.0625. The second-order valence-corrected chi connectivity index (χ2v) is 11.5. The van der Waals surface area contributed by atoms with Crippen LogP contribution in [0.15, 0.2) is 51.5 Å². The van der Waals surface area contributed by atoms with Crippen molar-refractivity contribution >= 4 is 57.6 Å². The minimum Gasteiger partial charge on any atom is -0.462 e. The Balaban J connectivity index is 1.32. The normalized spacial score (nSPS) is 12.3. The number of anilines is 2. The number of nitrogens with two attached hydrogens (primary N) is 1. The third-order valence-corrected chi connectivity index (χ3v) is 8.78. The Hall–Kier alpha value is -3.62. The number of nitrogens with zero attached hydrogens (tertiary/aromatic N) is 4. The molecule has 4 N–H and O–H groups in total. The molecular weight excluding hydrogens is 559 g/mol. The molecule has 3 aromatic heterocycles. The van der Waals surface area contributed by atoms with E-state index >= 15 is 0 Å². The lowest BCUT2D eigenvalue weighted by molar-refractivity contribution is -0.113. The molecule has 202 valence electrons. The molecule has 0 aliphatic heterocycles. The van der Waals surface area contributed by atoms with E-state index in [4.69, 9.17) is 10.5 Å². The number of hydrogen-bond acceptors (Lipinski definition) is 11. The van der Waals surface area contributed by atoms with Crippen LogP contribution in [0.1, 0.15) is 40.0 Å². The van der Waals surface area contributed by atoms with Crippen LogP contribution in [-0.4, -0.2) is 49.0 Å². The van der Waals surface area contributed by atoms with Gasteiger partial charge in [0, 0.05) is 16.6 Å². The highest BCUT2D eigenvalue weighted by atomic mass is 32.2. The lowest BCUT2D eigenvalue weighted by atomic mass is 10.1. The van der Waals surface area contributed by atoms with Gasteiger partial charge < -0.3 is 20.8 Å². The van der Waals surface area contributed by atoms with Crippen molar-refractivity contribution in [2.75, 3.05) is 23.4 Å². The van der Waals surface area contributed by atoms with Gasteiger partial charge in [-0.05, 0) is 43.9 Å². The largest absolute Gasteiger partial charge is 0.462 e. The Bertz CT molecular complexity index is 1570. The van der Waals surface area contributed by atoms with Crippen molar-refractivity contribution in [2.24, 2.45) is 0 Å². The number of nitrogens with one attached hydrogen (secondary N) is 2. The summed E-state index contributed by atoms with van der Waals surface area (Å²) < 4.78 is 7.12. The number of nitrogen functional groups attached to an aromatic ring is 1. The first-order valence-corrected chi connectivity index (χ1v) is 14.9. The number of hydrogen-bond donors (Lipinski definition) is 3. The third kappa shape index (κ3) is 6.18. The fourth-order valence-electron chi connectivity index (χ4n) is 4.18. The van der Waals surface area contributed by atoms with Gasteiger partial charge in [-0.15, -0.1) is 21.5 Å². The summed E-state index contributed by atoms with van der Waals surface area (Å²) in [6.07, 6.45) is 2.71. The maximum Gasteiger partial charge on any atom is 0.341 e. The fourth-order valence-corrected chi connectivity index (χ4v) is 7.04. The number of para-hydroxylation sites is 1. The maximum absolute atomic E-state index is 13.0. The summed E-state index contributed by atoms with van der Waals surface area (Å²) in [7, 11) is 0. The van der Waals surface area contributed by atoms with E-state index in [0.717, 1.165) is 35.4 Å². The van der Waals surface area contributed by atoms with Crippen LogP contribution in [0.25, 0.3) is 5.69 Å². The van der Waals surface area contributed by atoms with Gasteiger partial charge in [-0.25, -0.2) is 9.78 Å². The number of esters is 1. The molecule has 0 radical (unpaired) electrons. The van der Waals surface area contributed by atoms with Gasteiger partial charge in [0.05, 0.1) is 23.7 Å². The number of carbonyl (C=O) groups excluding carboxylic acids is 2. The van der Waals surface area contributed by atoms with Crippen molar-refractivity contribution < 1.29 is 14.3 Å². The molecule has 0 saturated heterocycles. The highest BCUT2D eigenvalue weighted by Gasteiger charge is 2.28. The molecule has 0 saturated carbocycles. The van der Waals surface area contributed by atoms with Gasteiger partial charge in [-0.3, -0.25) is 14.2 Å². The zero-order valence-electron chi connectivity index (χ0n) is 20.9. The molecule has 1 aliphatic carbocycles.